The predicted octanol–water partition coefficient (Wildman–Crippen LogP) is 2.93. The summed E-state index contributed by atoms with van der Waals surface area (Å²) in [6.45, 7) is 16.4. The summed E-state index contributed by atoms with van der Waals surface area (Å²) in [6.07, 6.45) is 1.64. The Bertz CT molecular complexity index is 340. The third kappa shape index (κ3) is 9.28. The lowest BCUT2D eigenvalue weighted by molar-refractivity contribution is -0.275. The maximum atomic E-state index is 11.9. The summed E-state index contributed by atoms with van der Waals surface area (Å²) >= 11 is 0. The Morgan fingerprint density at radius 3 is 2.13 bits per heavy atom. The average molecular weight is 331 g/mol. The molecule has 0 aliphatic heterocycles. The Labute approximate surface area is 142 Å². The van der Waals surface area contributed by atoms with Crippen molar-refractivity contribution in [3.63, 3.8) is 0 Å². The molecule has 1 amide bonds. The molecular weight excluding hydrogens is 292 g/mol. The van der Waals surface area contributed by atoms with Gasteiger partial charge in [-0.1, -0.05) is 41.5 Å². The van der Waals surface area contributed by atoms with E-state index in [9.17, 15) is 4.79 Å². The van der Waals surface area contributed by atoms with Crippen molar-refractivity contribution in [2.75, 3.05) is 26.3 Å². The summed E-state index contributed by atoms with van der Waals surface area (Å²) in [7, 11) is 0. The molecule has 0 aromatic heterocycles. The highest BCUT2D eigenvalue weighted by Crippen LogP contribution is 2.34. The molecule has 0 bridgehead atoms. The fraction of sp³-hybridized carbons (Fsp3) is 0.944. The molecular formula is C18H38N2O3. The molecule has 0 heterocycles. The molecule has 0 fully saturated rings. The number of ether oxygens (including phenoxy) is 2. The van der Waals surface area contributed by atoms with Gasteiger partial charge in [0.15, 0.2) is 5.79 Å². The van der Waals surface area contributed by atoms with Crippen molar-refractivity contribution < 1.29 is 14.3 Å². The van der Waals surface area contributed by atoms with Crippen LogP contribution in [-0.4, -0.2) is 38.0 Å². The lowest BCUT2D eigenvalue weighted by Crippen LogP contribution is -2.47. The van der Waals surface area contributed by atoms with Gasteiger partial charge in [0.05, 0.1) is 13.2 Å². The number of carbonyl (C=O) groups excluding carboxylic acids is 1. The Kier molecular flexibility index (Phi) is 9.97. The van der Waals surface area contributed by atoms with Gasteiger partial charge in [-0.2, -0.15) is 0 Å². The topological polar surface area (TPSA) is 73.6 Å². The Morgan fingerprint density at radius 2 is 1.65 bits per heavy atom. The minimum Gasteiger partial charge on any atom is -0.354 e. The standard InChI is InChI=1S/C18H38N2O3/c1-14(2)12-15(3)13-16(21)20-9-11-23-18(7,17(4,5)6)22-10-8-19/h14-15H,8-13,19H2,1-7H3,(H,20,21). The molecule has 2 unspecified atom stereocenters. The number of hydrogen-bond donors (Lipinski definition) is 2. The summed E-state index contributed by atoms with van der Waals surface area (Å²) in [5, 5.41) is 2.92. The maximum absolute atomic E-state index is 11.9. The molecule has 0 saturated carbocycles. The number of hydrogen-bond acceptors (Lipinski definition) is 4. The summed E-state index contributed by atoms with van der Waals surface area (Å²) in [5.74, 6) is 0.390. The van der Waals surface area contributed by atoms with E-state index in [1.807, 2.05) is 6.92 Å². The average Bonchev–Trinajstić information content (AvgIpc) is 2.39. The Morgan fingerprint density at radius 1 is 1.09 bits per heavy atom. The number of nitrogens with two attached hydrogens (primary N) is 1. The minimum absolute atomic E-state index is 0.0853. The number of carbonyl (C=O) groups is 1. The second kappa shape index (κ2) is 10.3. The molecule has 0 rings (SSSR count). The molecule has 0 aliphatic rings. The maximum Gasteiger partial charge on any atom is 0.220 e. The van der Waals surface area contributed by atoms with Crippen molar-refractivity contribution in [1.82, 2.24) is 5.32 Å². The molecule has 138 valence electrons. The van der Waals surface area contributed by atoms with E-state index in [1.165, 1.54) is 0 Å². The van der Waals surface area contributed by atoms with Crippen LogP contribution < -0.4 is 11.1 Å². The highest BCUT2D eigenvalue weighted by Gasteiger charge is 2.39. The molecule has 0 saturated heterocycles. The van der Waals surface area contributed by atoms with Crippen LogP contribution in [0.3, 0.4) is 0 Å². The van der Waals surface area contributed by atoms with Gasteiger partial charge in [-0.15, -0.1) is 0 Å². The number of rotatable bonds is 11. The Hall–Kier alpha value is -0.650. The van der Waals surface area contributed by atoms with E-state index in [2.05, 4.69) is 46.9 Å². The van der Waals surface area contributed by atoms with Crippen LogP contribution in [0.15, 0.2) is 0 Å². The number of amides is 1. The molecule has 0 spiro atoms. The van der Waals surface area contributed by atoms with Crippen LogP contribution in [0.25, 0.3) is 0 Å². The van der Waals surface area contributed by atoms with E-state index in [0.29, 0.717) is 44.6 Å². The zero-order chi connectivity index (χ0) is 18.1. The zero-order valence-corrected chi connectivity index (χ0v) is 16.2. The van der Waals surface area contributed by atoms with Crippen molar-refractivity contribution in [3.05, 3.63) is 0 Å². The van der Waals surface area contributed by atoms with Gasteiger partial charge in [0, 0.05) is 24.9 Å². The predicted molar refractivity (Wildman–Crippen MR) is 95.1 cm³/mol. The van der Waals surface area contributed by atoms with E-state index < -0.39 is 5.79 Å². The monoisotopic (exact) mass is 330 g/mol. The van der Waals surface area contributed by atoms with E-state index in [1.54, 1.807) is 0 Å². The normalized spacial score (nSPS) is 16.2. The van der Waals surface area contributed by atoms with E-state index in [4.69, 9.17) is 15.2 Å². The quantitative estimate of drug-likeness (QED) is 0.451. The zero-order valence-electron chi connectivity index (χ0n) is 16.2. The second-order valence-corrected chi connectivity index (χ2v) is 7.97. The fourth-order valence-electron chi connectivity index (χ4n) is 2.44. The van der Waals surface area contributed by atoms with Crippen molar-refractivity contribution in [2.45, 2.75) is 67.1 Å². The Balaban J connectivity index is 4.18. The largest absolute Gasteiger partial charge is 0.354 e. The van der Waals surface area contributed by atoms with Crippen LogP contribution in [0, 0.1) is 17.3 Å². The first-order valence-corrected chi connectivity index (χ1v) is 8.76. The van der Waals surface area contributed by atoms with E-state index in [0.717, 1.165) is 6.42 Å². The highest BCUT2D eigenvalue weighted by atomic mass is 16.7. The van der Waals surface area contributed by atoms with Crippen LogP contribution in [-0.2, 0) is 14.3 Å². The molecule has 0 aromatic carbocycles. The number of nitrogens with one attached hydrogen (secondary N) is 1. The van der Waals surface area contributed by atoms with Crippen molar-refractivity contribution >= 4 is 5.91 Å². The minimum atomic E-state index is -0.720. The van der Waals surface area contributed by atoms with Gasteiger partial charge in [0.2, 0.25) is 5.91 Å². The summed E-state index contributed by atoms with van der Waals surface area (Å²) in [6, 6.07) is 0. The van der Waals surface area contributed by atoms with Crippen molar-refractivity contribution in [1.29, 1.82) is 0 Å². The fourth-order valence-corrected chi connectivity index (χ4v) is 2.44. The van der Waals surface area contributed by atoms with Crippen LogP contribution in [0.5, 0.6) is 0 Å². The summed E-state index contributed by atoms with van der Waals surface area (Å²) in [4.78, 5) is 11.9. The lowest BCUT2D eigenvalue weighted by Gasteiger charge is -2.41. The second-order valence-electron chi connectivity index (χ2n) is 7.97. The molecule has 0 radical (unpaired) electrons. The summed E-state index contributed by atoms with van der Waals surface area (Å²) < 4.78 is 11.7. The summed E-state index contributed by atoms with van der Waals surface area (Å²) in [5.41, 5.74) is 5.33. The molecule has 0 aromatic rings. The lowest BCUT2D eigenvalue weighted by atomic mass is 9.86. The smallest absolute Gasteiger partial charge is 0.220 e. The molecule has 0 aliphatic carbocycles. The van der Waals surface area contributed by atoms with Gasteiger partial charge in [-0.05, 0) is 25.2 Å². The highest BCUT2D eigenvalue weighted by molar-refractivity contribution is 5.76. The van der Waals surface area contributed by atoms with Gasteiger partial charge in [0.25, 0.3) is 0 Å². The van der Waals surface area contributed by atoms with Gasteiger partial charge in [-0.3, -0.25) is 4.79 Å². The first kappa shape index (κ1) is 22.4. The van der Waals surface area contributed by atoms with Crippen LogP contribution in [0.1, 0.15) is 61.3 Å². The van der Waals surface area contributed by atoms with Crippen molar-refractivity contribution in [2.24, 2.45) is 23.0 Å². The van der Waals surface area contributed by atoms with Gasteiger partial charge in [0.1, 0.15) is 0 Å². The first-order chi connectivity index (χ1) is 10.5. The first-order valence-electron chi connectivity index (χ1n) is 8.76. The molecule has 5 nitrogen and oxygen atoms in total. The SMILES string of the molecule is CC(C)CC(C)CC(=O)NCCOC(C)(OCCN)C(C)(C)C. The van der Waals surface area contributed by atoms with Gasteiger partial charge < -0.3 is 20.5 Å². The van der Waals surface area contributed by atoms with E-state index in [-0.39, 0.29) is 11.3 Å². The van der Waals surface area contributed by atoms with Crippen LogP contribution in [0.4, 0.5) is 0 Å². The van der Waals surface area contributed by atoms with Crippen LogP contribution >= 0.6 is 0 Å². The van der Waals surface area contributed by atoms with Gasteiger partial charge >= 0.3 is 0 Å². The van der Waals surface area contributed by atoms with Crippen molar-refractivity contribution in [3.8, 4) is 0 Å². The van der Waals surface area contributed by atoms with Gasteiger partial charge in [-0.25, -0.2) is 0 Å². The van der Waals surface area contributed by atoms with E-state index >= 15 is 0 Å². The third-order valence-corrected chi connectivity index (χ3v) is 4.07. The molecule has 2 atom stereocenters. The third-order valence-electron chi connectivity index (χ3n) is 4.07. The van der Waals surface area contributed by atoms with Crippen LogP contribution in [0.2, 0.25) is 0 Å². The molecule has 3 N–H and O–H groups in total. The molecule has 5 heteroatoms. The molecule has 23 heavy (non-hydrogen) atoms.